The van der Waals surface area contributed by atoms with Crippen molar-refractivity contribution in [3.63, 3.8) is 0 Å². The average molecular weight is 294 g/mol. The smallest absolute Gasteiger partial charge is 0.334 e. The van der Waals surface area contributed by atoms with Crippen molar-refractivity contribution < 1.29 is 24.4 Å². The van der Waals surface area contributed by atoms with Crippen molar-refractivity contribution in [1.82, 2.24) is 5.32 Å². The third kappa shape index (κ3) is 5.41. The fourth-order valence-corrected chi connectivity index (χ4v) is 1.44. The molecule has 0 aliphatic heterocycles. The van der Waals surface area contributed by atoms with E-state index in [-0.39, 0.29) is 12.2 Å². The number of nitro groups is 1. The van der Waals surface area contributed by atoms with Crippen LogP contribution in [-0.4, -0.2) is 41.7 Å². The molecule has 0 aromatic heterocycles. The van der Waals surface area contributed by atoms with Crippen LogP contribution in [-0.2, 0) is 14.3 Å². The number of nitrogens with one attached hydrogen (secondary N) is 1. The number of nitrogens with zero attached hydrogens (tertiary/aromatic N) is 1. The van der Waals surface area contributed by atoms with E-state index < -0.39 is 22.9 Å². The fourth-order valence-electron chi connectivity index (χ4n) is 1.44. The molecule has 1 rings (SSSR count). The maximum Gasteiger partial charge on any atom is 0.334 e. The number of hydrogen-bond donors (Lipinski definition) is 2. The van der Waals surface area contributed by atoms with Crippen LogP contribution >= 0.6 is 0 Å². The summed E-state index contributed by atoms with van der Waals surface area (Å²) in [5, 5.41) is 21.7. The molecule has 8 nitrogen and oxygen atoms in total. The number of aliphatic carboxylic acids is 1. The molecule has 0 radical (unpaired) electrons. The van der Waals surface area contributed by atoms with Crippen molar-refractivity contribution in [1.29, 1.82) is 0 Å². The molecular formula is C13H14N2O6. The minimum atomic E-state index is -1.18. The van der Waals surface area contributed by atoms with E-state index in [1.807, 2.05) is 0 Å². The first kappa shape index (κ1) is 16.3. The number of non-ortho nitro benzene ring substituents is 1. The Bertz CT molecular complexity index is 570. The number of methoxy groups -OCH3 is 1. The number of carboxylic acid groups (broad SMARTS) is 1. The zero-order valence-corrected chi connectivity index (χ0v) is 11.2. The largest absolute Gasteiger partial charge is 0.479 e. The van der Waals surface area contributed by atoms with E-state index in [0.29, 0.717) is 5.56 Å². The number of rotatable bonds is 7. The van der Waals surface area contributed by atoms with E-state index in [1.54, 1.807) is 6.07 Å². The van der Waals surface area contributed by atoms with Gasteiger partial charge in [-0.05, 0) is 11.6 Å². The third-order valence-electron chi connectivity index (χ3n) is 2.53. The van der Waals surface area contributed by atoms with Gasteiger partial charge in [-0.3, -0.25) is 14.9 Å². The van der Waals surface area contributed by atoms with Gasteiger partial charge in [0.15, 0.2) is 6.10 Å². The second-order valence-corrected chi connectivity index (χ2v) is 3.99. The van der Waals surface area contributed by atoms with E-state index in [0.717, 1.165) is 6.08 Å². The quantitative estimate of drug-likeness (QED) is 0.436. The van der Waals surface area contributed by atoms with Crippen LogP contribution in [0.1, 0.15) is 5.56 Å². The molecule has 1 aromatic rings. The molecule has 0 saturated heterocycles. The van der Waals surface area contributed by atoms with E-state index >= 15 is 0 Å². The normalized spacial score (nSPS) is 12.0. The van der Waals surface area contributed by atoms with E-state index in [9.17, 15) is 19.7 Å². The molecule has 0 aliphatic rings. The number of amides is 1. The number of nitro benzene ring substituents is 1. The first-order valence-corrected chi connectivity index (χ1v) is 5.90. The summed E-state index contributed by atoms with van der Waals surface area (Å²) in [5.41, 5.74) is 0.406. The van der Waals surface area contributed by atoms with Crippen LogP contribution in [0.15, 0.2) is 30.3 Å². The molecule has 1 unspecified atom stereocenters. The number of carboxylic acids is 1. The van der Waals surface area contributed by atoms with Gasteiger partial charge in [-0.2, -0.15) is 0 Å². The van der Waals surface area contributed by atoms with Crippen molar-refractivity contribution in [3.8, 4) is 0 Å². The van der Waals surface area contributed by atoms with Gasteiger partial charge >= 0.3 is 5.97 Å². The lowest BCUT2D eigenvalue weighted by molar-refractivity contribution is -0.384. The van der Waals surface area contributed by atoms with Crippen LogP contribution in [0.3, 0.4) is 0 Å². The molecule has 1 atom stereocenters. The highest BCUT2D eigenvalue weighted by Crippen LogP contribution is 2.13. The summed E-state index contributed by atoms with van der Waals surface area (Å²) in [6.07, 6.45) is 1.43. The van der Waals surface area contributed by atoms with Gasteiger partial charge in [0, 0.05) is 25.3 Å². The van der Waals surface area contributed by atoms with Crippen LogP contribution in [0.2, 0.25) is 0 Å². The zero-order chi connectivity index (χ0) is 15.8. The predicted molar refractivity (Wildman–Crippen MR) is 73.6 cm³/mol. The van der Waals surface area contributed by atoms with Gasteiger partial charge in [0.25, 0.3) is 5.69 Å². The molecule has 0 aliphatic carbocycles. The summed E-state index contributed by atoms with van der Waals surface area (Å²) in [5.74, 6) is -1.70. The number of hydrogen-bond acceptors (Lipinski definition) is 5. The molecule has 1 amide bonds. The molecule has 0 heterocycles. The van der Waals surface area contributed by atoms with Gasteiger partial charge in [0.2, 0.25) is 5.91 Å². The van der Waals surface area contributed by atoms with Gasteiger partial charge in [-0.15, -0.1) is 0 Å². The van der Waals surface area contributed by atoms with Gasteiger partial charge in [0.1, 0.15) is 0 Å². The molecular weight excluding hydrogens is 280 g/mol. The Balaban J connectivity index is 2.60. The van der Waals surface area contributed by atoms with Gasteiger partial charge in [0.05, 0.1) is 11.5 Å². The van der Waals surface area contributed by atoms with Crippen molar-refractivity contribution in [2.75, 3.05) is 13.7 Å². The summed E-state index contributed by atoms with van der Waals surface area (Å²) in [6, 6.07) is 5.76. The highest BCUT2D eigenvalue weighted by molar-refractivity contribution is 5.92. The number of carbonyl (C=O) groups excluding carboxylic acids is 1. The number of carbonyl (C=O) groups is 2. The standard InChI is InChI=1S/C13H14N2O6/c1-21-11(13(17)18)8-14-12(16)6-5-9-3-2-4-10(7-9)15(19)20/h2-7,11H,8H2,1H3,(H,14,16)(H,17,18)/b6-5+. The van der Waals surface area contributed by atoms with Crippen LogP contribution in [0.4, 0.5) is 5.69 Å². The Labute approximate surface area is 120 Å². The molecule has 0 fully saturated rings. The third-order valence-corrected chi connectivity index (χ3v) is 2.53. The maximum atomic E-state index is 11.5. The summed E-state index contributed by atoms with van der Waals surface area (Å²) in [4.78, 5) is 32.2. The maximum absolute atomic E-state index is 11.5. The van der Waals surface area contributed by atoms with Crippen LogP contribution in [0, 0.1) is 10.1 Å². The number of benzene rings is 1. The molecule has 21 heavy (non-hydrogen) atoms. The number of ether oxygens (including phenoxy) is 1. The van der Waals surface area contributed by atoms with Gasteiger partial charge in [-0.1, -0.05) is 12.1 Å². The lowest BCUT2D eigenvalue weighted by atomic mass is 10.2. The monoisotopic (exact) mass is 294 g/mol. The van der Waals surface area contributed by atoms with Crippen LogP contribution in [0.5, 0.6) is 0 Å². The minimum Gasteiger partial charge on any atom is -0.479 e. The van der Waals surface area contributed by atoms with E-state index in [1.165, 1.54) is 31.4 Å². The topological polar surface area (TPSA) is 119 Å². The lowest BCUT2D eigenvalue weighted by Gasteiger charge is -2.09. The molecule has 0 bridgehead atoms. The van der Waals surface area contributed by atoms with Crippen molar-refractivity contribution in [3.05, 3.63) is 46.0 Å². The van der Waals surface area contributed by atoms with E-state index in [2.05, 4.69) is 10.1 Å². The second kappa shape index (κ2) is 7.75. The zero-order valence-electron chi connectivity index (χ0n) is 11.2. The second-order valence-electron chi connectivity index (χ2n) is 3.99. The highest BCUT2D eigenvalue weighted by Gasteiger charge is 2.16. The van der Waals surface area contributed by atoms with Gasteiger partial charge in [-0.25, -0.2) is 4.79 Å². The molecule has 112 valence electrons. The Morgan fingerprint density at radius 2 is 2.24 bits per heavy atom. The SMILES string of the molecule is COC(CNC(=O)/C=C/c1cccc([N+](=O)[O-])c1)C(=O)O. The molecule has 2 N–H and O–H groups in total. The minimum absolute atomic E-state index is 0.0807. The van der Waals surface area contributed by atoms with Crippen molar-refractivity contribution in [2.24, 2.45) is 0 Å². The van der Waals surface area contributed by atoms with Crippen LogP contribution in [0.25, 0.3) is 6.08 Å². The molecule has 8 heteroatoms. The molecule has 0 saturated carbocycles. The Hall–Kier alpha value is -2.74. The summed E-state index contributed by atoms with van der Waals surface area (Å²) in [6.45, 7) is -0.177. The summed E-state index contributed by atoms with van der Waals surface area (Å²) in [7, 11) is 1.23. The summed E-state index contributed by atoms with van der Waals surface area (Å²) >= 11 is 0. The van der Waals surface area contributed by atoms with E-state index in [4.69, 9.17) is 5.11 Å². The fraction of sp³-hybridized carbons (Fsp3) is 0.231. The Morgan fingerprint density at radius 3 is 2.81 bits per heavy atom. The Morgan fingerprint density at radius 1 is 1.52 bits per heavy atom. The molecule has 0 spiro atoms. The summed E-state index contributed by atoms with van der Waals surface area (Å²) < 4.78 is 4.65. The molecule has 1 aromatic carbocycles. The van der Waals surface area contributed by atoms with Crippen molar-refractivity contribution in [2.45, 2.75) is 6.10 Å². The average Bonchev–Trinajstić information content (AvgIpc) is 2.45. The first-order chi connectivity index (χ1) is 9.93. The van der Waals surface area contributed by atoms with Gasteiger partial charge < -0.3 is 15.2 Å². The predicted octanol–water partition coefficient (Wildman–Crippen LogP) is 0.824. The Kier molecular flexibility index (Phi) is 6.02. The van der Waals surface area contributed by atoms with Crippen molar-refractivity contribution >= 4 is 23.6 Å². The van der Waals surface area contributed by atoms with Crippen LogP contribution < -0.4 is 5.32 Å². The highest BCUT2D eigenvalue weighted by atomic mass is 16.6. The first-order valence-electron chi connectivity index (χ1n) is 5.90. The lowest BCUT2D eigenvalue weighted by Crippen LogP contribution is -2.37.